The van der Waals surface area contributed by atoms with Crippen LogP contribution in [0.3, 0.4) is 0 Å². The number of rotatable bonds is 15. The molecule has 0 aromatic rings. The molecule has 1 heterocycles. The van der Waals surface area contributed by atoms with Gasteiger partial charge in [-0.25, -0.2) is 5.90 Å². The number of unbranched alkanes of at least 4 members (excludes halogenated alkanes) is 1. The molecular formula is C17H32N4O4S2. The SMILES string of the molecule is NOC[C@@H]1CCCN1C(=O)CCCSSCCNC(=O)CCCCC(N)=O. The Morgan fingerprint density at radius 1 is 1.07 bits per heavy atom. The standard InChI is InChI=1S/C17H32N4O4S2/c18-15(22)6-1-2-7-16(23)20-9-12-27-26-11-4-8-17(24)21-10-3-5-14(21)13-25-19/h14H,1-13,19H2,(H2,18,22)(H,20,23)/t14-/m0/s1. The molecule has 1 atom stereocenters. The first-order valence-corrected chi connectivity index (χ1v) is 11.9. The second-order valence-corrected chi connectivity index (χ2v) is 9.19. The van der Waals surface area contributed by atoms with Gasteiger partial charge in [0.25, 0.3) is 0 Å². The largest absolute Gasteiger partial charge is 0.370 e. The van der Waals surface area contributed by atoms with E-state index in [0.717, 1.165) is 37.3 Å². The van der Waals surface area contributed by atoms with Crippen LogP contribution in [-0.2, 0) is 19.2 Å². The van der Waals surface area contributed by atoms with Crippen molar-refractivity contribution >= 4 is 39.3 Å². The highest BCUT2D eigenvalue weighted by atomic mass is 33.1. The van der Waals surface area contributed by atoms with Crippen LogP contribution < -0.4 is 16.9 Å². The summed E-state index contributed by atoms with van der Waals surface area (Å²) in [6.45, 7) is 1.84. The molecule has 10 heteroatoms. The molecule has 1 fully saturated rings. The van der Waals surface area contributed by atoms with E-state index in [4.69, 9.17) is 16.5 Å². The van der Waals surface area contributed by atoms with Crippen molar-refractivity contribution < 1.29 is 19.2 Å². The summed E-state index contributed by atoms with van der Waals surface area (Å²) in [5.74, 6) is 6.73. The van der Waals surface area contributed by atoms with E-state index >= 15 is 0 Å². The molecule has 0 bridgehead atoms. The Bertz CT molecular complexity index is 468. The lowest BCUT2D eigenvalue weighted by molar-refractivity contribution is -0.133. The third-order valence-electron chi connectivity index (χ3n) is 4.27. The fraction of sp³-hybridized carbons (Fsp3) is 0.824. The molecule has 1 aliphatic heterocycles. The van der Waals surface area contributed by atoms with Crippen LogP contribution in [0.15, 0.2) is 0 Å². The Kier molecular flexibility index (Phi) is 13.4. The molecule has 0 aromatic carbocycles. The third-order valence-corrected chi connectivity index (χ3v) is 6.77. The molecule has 1 rings (SSSR count). The summed E-state index contributed by atoms with van der Waals surface area (Å²) in [6.07, 6.45) is 5.47. The van der Waals surface area contributed by atoms with Gasteiger partial charge in [0.1, 0.15) is 0 Å². The van der Waals surface area contributed by atoms with Crippen molar-refractivity contribution in [2.45, 2.75) is 57.4 Å². The summed E-state index contributed by atoms with van der Waals surface area (Å²) >= 11 is 0. The Labute approximate surface area is 169 Å². The molecule has 27 heavy (non-hydrogen) atoms. The Balaban J connectivity index is 1.93. The quantitative estimate of drug-likeness (QED) is 0.206. The lowest BCUT2D eigenvalue weighted by atomic mass is 10.2. The molecule has 0 spiro atoms. The smallest absolute Gasteiger partial charge is 0.222 e. The van der Waals surface area contributed by atoms with Crippen molar-refractivity contribution in [1.29, 1.82) is 0 Å². The van der Waals surface area contributed by atoms with Crippen molar-refractivity contribution in [2.24, 2.45) is 11.6 Å². The highest BCUT2D eigenvalue weighted by molar-refractivity contribution is 8.76. The van der Waals surface area contributed by atoms with Crippen LogP contribution in [0.25, 0.3) is 0 Å². The average Bonchev–Trinajstić information content (AvgIpc) is 3.09. The van der Waals surface area contributed by atoms with Gasteiger partial charge in [0.2, 0.25) is 17.7 Å². The molecule has 0 radical (unpaired) electrons. The summed E-state index contributed by atoms with van der Waals surface area (Å²) < 4.78 is 0. The maximum atomic E-state index is 12.2. The Morgan fingerprint density at radius 3 is 2.56 bits per heavy atom. The Morgan fingerprint density at radius 2 is 1.81 bits per heavy atom. The van der Waals surface area contributed by atoms with Gasteiger partial charge >= 0.3 is 0 Å². The van der Waals surface area contributed by atoms with Crippen LogP contribution in [0.4, 0.5) is 0 Å². The number of carbonyl (C=O) groups excluding carboxylic acids is 3. The van der Waals surface area contributed by atoms with Crippen LogP contribution in [0.5, 0.6) is 0 Å². The van der Waals surface area contributed by atoms with Crippen LogP contribution in [0.1, 0.15) is 51.4 Å². The Hall–Kier alpha value is -0.970. The second kappa shape index (κ2) is 15.0. The van der Waals surface area contributed by atoms with Gasteiger partial charge in [-0.1, -0.05) is 21.6 Å². The van der Waals surface area contributed by atoms with E-state index < -0.39 is 0 Å². The van der Waals surface area contributed by atoms with Gasteiger partial charge in [-0.3, -0.25) is 14.4 Å². The van der Waals surface area contributed by atoms with E-state index in [0.29, 0.717) is 45.3 Å². The highest BCUT2D eigenvalue weighted by Gasteiger charge is 2.28. The molecule has 8 nitrogen and oxygen atoms in total. The van der Waals surface area contributed by atoms with E-state index in [1.54, 1.807) is 21.6 Å². The molecule has 156 valence electrons. The minimum absolute atomic E-state index is 0.0114. The van der Waals surface area contributed by atoms with Gasteiger partial charge in [0.15, 0.2) is 0 Å². The van der Waals surface area contributed by atoms with Crippen LogP contribution in [-0.4, -0.2) is 59.9 Å². The molecule has 0 unspecified atom stereocenters. The molecule has 1 saturated heterocycles. The van der Waals surface area contributed by atoms with Gasteiger partial charge in [-0.2, -0.15) is 0 Å². The lowest BCUT2D eigenvalue weighted by Crippen LogP contribution is -2.38. The minimum Gasteiger partial charge on any atom is -0.370 e. The number of nitrogens with two attached hydrogens (primary N) is 2. The number of hydrogen-bond acceptors (Lipinski definition) is 7. The molecule has 3 amide bonds. The lowest BCUT2D eigenvalue weighted by Gasteiger charge is -2.23. The molecule has 0 saturated carbocycles. The van der Waals surface area contributed by atoms with E-state index in [2.05, 4.69) is 5.32 Å². The average molecular weight is 421 g/mol. The van der Waals surface area contributed by atoms with Gasteiger partial charge in [0, 0.05) is 43.9 Å². The van der Waals surface area contributed by atoms with Crippen molar-refractivity contribution in [3.63, 3.8) is 0 Å². The molecular weight excluding hydrogens is 388 g/mol. The first-order valence-electron chi connectivity index (χ1n) is 9.45. The highest BCUT2D eigenvalue weighted by Crippen LogP contribution is 2.23. The first-order chi connectivity index (χ1) is 13.0. The van der Waals surface area contributed by atoms with Gasteiger partial charge in [-0.05, 0) is 32.1 Å². The topological polar surface area (TPSA) is 128 Å². The van der Waals surface area contributed by atoms with Crippen LogP contribution in [0, 0.1) is 0 Å². The number of primary amides is 1. The fourth-order valence-corrected chi connectivity index (χ4v) is 4.89. The van der Waals surface area contributed by atoms with Crippen molar-refractivity contribution in [3.05, 3.63) is 0 Å². The summed E-state index contributed by atoms with van der Waals surface area (Å²) in [4.78, 5) is 41.0. The third kappa shape index (κ3) is 11.5. The van der Waals surface area contributed by atoms with Crippen molar-refractivity contribution in [1.82, 2.24) is 10.2 Å². The van der Waals surface area contributed by atoms with Crippen molar-refractivity contribution in [2.75, 3.05) is 31.2 Å². The predicted octanol–water partition coefficient (Wildman–Crippen LogP) is 1.19. The van der Waals surface area contributed by atoms with Gasteiger partial charge in [-0.15, -0.1) is 0 Å². The first kappa shape index (κ1) is 24.1. The number of nitrogens with zero attached hydrogens (tertiary/aromatic N) is 1. The van der Waals surface area contributed by atoms with E-state index in [1.807, 2.05) is 4.90 Å². The van der Waals surface area contributed by atoms with Gasteiger partial charge in [0.05, 0.1) is 12.6 Å². The zero-order chi connectivity index (χ0) is 19.9. The summed E-state index contributed by atoms with van der Waals surface area (Å²) in [5.41, 5.74) is 5.05. The zero-order valence-electron chi connectivity index (χ0n) is 15.8. The summed E-state index contributed by atoms with van der Waals surface area (Å²) in [6, 6.07) is 0.129. The predicted molar refractivity (Wildman–Crippen MR) is 110 cm³/mol. The van der Waals surface area contributed by atoms with Crippen LogP contribution in [0.2, 0.25) is 0 Å². The number of carbonyl (C=O) groups is 3. The zero-order valence-corrected chi connectivity index (χ0v) is 17.5. The molecule has 5 N–H and O–H groups in total. The summed E-state index contributed by atoms with van der Waals surface area (Å²) in [7, 11) is 3.42. The molecule has 1 aliphatic rings. The molecule has 0 aromatic heterocycles. The van der Waals surface area contributed by atoms with E-state index in [9.17, 15) is 14.4 Å². The number of nitrogens with one attached hydrogen (secondary N) is 1. The maximum absolute atomic E-state index is 12.2. The van der Waals surface area contributed by atoms with Gasteiger partial charge < -0.3 is 20.8 Å². The fourth-order valence-electron chi connectivity index (χ4n) is 2.90. The minimum atomic E-state index is -0.324. The number of likely N-dealkylation sites (tertiary alicyclic amines) is 1. The maximum Gasteiger partial charge on any atom is 0.222 e. The normalized spacial score (nSPS) is 16.5. The summed E-state index contributed by atoms with van der Waals surface area (Å²) in [5, 5.41) is 2.86. The number of amides is 3. The number of hydrogen-bond donors (Lipinski definition) is 3. The molecule has 0 aliphatic carbocycles. The van der Waals surface area contributed by atoms with Crippen LogP contribution >= 0.6 is 21.6 Å². The van der Waals surface area contributed by atoms with E-state index in [1.165, 1.54) is 0 Å². The van der Waals surface area contributed by atoms with E-state index in [-0.39, 0.29) is 23.8 Å². The van der Waals surface area contributed by atoms with Crippen molar-refractivity contribution in [3.8, 4) is 0 Å². The second-order valence-electron chi connectivity index (χ2n) is 6.49. The monoisotopic (exact) mass is 420 g/mol.